The fourth-order valence-electron chi connectivity index (χ4n) is 2.06. The van der Waals surface area contributed by atoms with Gasteiger partial charge >= 0.3 is 11.9 Å². The molecule has 2 aromatic carbocycles. The molecule has 0 aromatic heterocycles. The molecule has 1 unspecified atom stereocenters. The second-order valence-corrected chi connectivity index (χ2v) is 6.18. The number of ether oxygens (including phenoxy) is 4. The van der Waals surface area contributed by atoms with Crippen LogP contribution in [0.5, 0.6) is 11.5 Å². The molecule has 0 radical (unpaired) electrons. The Morgan fingerprint density at radius 2 is 1.48 bits per heavy atom. The van der Waals surface area contributed by atoms with Gasteiger partial charge in [0.1, 0.15) is 16.3 Å². The van der Waals surface area contributed by atoms with Gasteiger partial charge in [0.25, 0.3) is 0 Å². The van der Waals surface area contributed by atoms with Crippen molar-refractivity contribution in [2.75, 3.05) is 28.4 Å². The van der Waals surface area contributed by atoms with Crippen molar-refractivity contribution in [1.82, 2.24) is 0 Å². The van der Waals surface area contributed by atoms with Crippen LogP contribution in [0.3, 0.4) is 0 Å². The number of benzene rings is 2. The molecule has 0 aliphatic rings. The van der Waals surface area contributed by atoms with Crippen LogP contribution in [0.25, 0.3) is 0 Å². The highest BCUT2D eigenvalue weighted by molar-refractivity contribution is 9.09. The molecule has 0 saturated carbocycles. The Bertz CT molecular complexity index is 747. The van der Waals surface area contributed by atoms with E-state index in [1.54, 1.807) is 20.3 Å². The van der Waals surface area contributed by atoms with E-state index in [-0.39, 0.29) is 18.4 Å². The molecule has 146 valence electrons. The molecule has 0 N–H and O–H groups in total. The summed E-state index contributed by atoms with van der Waals surface area (Å²) in [5.41, 5.74) is 1.71. The van der Waals surface area contributed by atoms with Crippen LogP contribution in [0.2, 0.25) is 0 Å². The van der Waals surface area contributed by atoms with Gasteiger partial charge in [-0.1, -0.05) is 40.2 Å². The average molecular weight is 439 g/mol. The fraction of sp³-hybridized carbons (Fsp3) is 0.300. The second-order valence-electron chi connectivity index (χ2n) is 5.27. The van der Waals surface area contributed by atoms with Crippen molar-refractivity contribution in [3.63, 3.8) is 0 Å². The van der Waals surface area contributed by atoms with E-state index in [9.17, 15) is 9.59 Å². The third-order valence-corrected chi connectivity index (χ3v) is 4.41. The maximum Gasteiger partial charge on any atom is 0.324 e. The van der Waals surface area contributed by atoms with Gasteiger partial charge in [0, 0.05) is 0 Å². The van der Waals surface area contributed by atoms with Gasteiger partial charge in [-0.3, -0.25) is 9.59 Å². The summed E-state index contributed by atoms with van der Waals surface area (Å²) in [4.78, 5) is 21.7. The molecule has 2 aromatic rings. The van der Waals surface area contributed by atoms with E-state index < -0.39 is 4.83 Å². The van der Waals surface area contributed by atoms with Crippen LogP contribution in [-0.4, -0.2) is 40.4 Å². The van der Waals surface area contributed by atoms with E-state index in [0.717, 1.165) is 22.6 Å². The summed E-state index contributed by atoms with van der Waals surface area (Å²) in [6.45, 7) is 0. The van der Waals surface area contributed by atoms with Crippen molar-refractivity contribution in [3.8, 4) is 11.5 Å². The van der Waals surface area contributed by atoms with Crippen molar-refractivity contribution in [2.24, 2.45) is 0 Å². The minimum Gasteiger partial charge on any atom is -0.497 e. The van der Waals surface area contributed by atoms with Crippen molar-refractivity contribution in [3.05, 3.63) is 59.7 Å². The third-order valence-electron chi connectivity index (χ3n) is 3.50. The lowest BCUT2D eigenvalue weighted by Crippen LogP contribution is -2.08. The summed E-state index contributed by atoms with van der Waals surface area (Å²) >= 11 is 3.24. The van der Waals surface area contributed by atoms with Crippen LogP contribution in [0.15, 0.2) is 48.5 Å². The van der Waals surface area contributed by atoms with Crippen molar-refractivity contribution in [2.45, 2.75) is 11.2 Å². The molecule has 0 spiro atoms. The number of carbonyl (C=O) groups excluding carboxylic acids is 2. The molecule has 1 atom stereocenters. The van der Waals surface area contributed by atoms with Crippen LogP contribution < -0.4 is 9.47 Å². The molecule has 6 nitrogen and oxygen atoms in total. The van der Waals surface area contributed by atoms with Gasteiger partial charge in [0.15, 0.2) is 0 Å². The molecule has 27 heavy (non-hydrogen) atoms. The lowest BCUT2D eigenvalue weighted by Gasteiger charge is -2.08. The maximum atomic E-state index is 11.2. The molecule has 0 amide bonds. The van der Waals surface area contributed by atoms with Crippen molar-refractivity contribution in [1.29, 1.82) is 0 Å². The first-order valence-electron chi connectivity index (χ1n) is 8.00. The zero-order valence-electron chi connectivity index (χ0n) is 15.7. The quantitative estimate of drug-likeness (QED) is 0.505. The Kier molecular flexibility index (Phi) is 9.96. The first-order chi connectivity index (χ1) is 12.9. The number of hydrogen-bond donors (Lipinski definition) is 0. The molecule has 7 heteroatoms. The summed E-state index contributed by atoms with van der Waals surface area (Å²) < 4.78 is 19.2. The largest absolute Gasteiger partial charge is 0.497 e. The second kappa shape index (κ2) is 12.0. The van der Waals surface area contributed by atoms with E-state index >= 15 is 0 Å². The van der Waals surface area contributed by atoms with E-state index in [0.29, 0.717) is 0 Å². The number of alkyl halides is 1. The van der Waals surface area contributed by atoms with E-state index in [4.69, 9.17) is 9.47 Å². The molecule has 0 bridgehead atoms. The maximum absolute atomic E-state index is 11.2. The number of methoxy groups -OCH3 is 4. The summed E-state index contributed by atoms with van der Waals surface area (Å²) in [5, 5.41) is 0. The molecule has 0 heterocycles. The van der Waals surface area contributed by atoms with Crippen molar-refractivity contribution < 1.29 is 28.5 Å². The zero-order valence-corrected chi connectivity index (χ0v) is 17.3. The van der Waals surface area contributed by atoms with Gasteiger partial charge in [-0.05, 0) is 35.4 Å². The van der Waals surface area contributed by atoms with Crippen molar-refractivity contribution >= 4 is 27.9 Å². The highest BCUT2D eigenvalue weighted by Crippen LogP contribution is 2.26. The van der Waals surface area contributed by atoms with Gasteiger partial charge in [-0.25, -0.2) is 0 Å². The van der Waals surface area contributed by atoms with Gasteiger partial charge in [-0.15, -0.1) is 0 Å². The third kappa shape index (κ3) is 7.70. The SMILES string of the molecule is COC(=O)C(Br)c1cccc(OC)c1.COC(=O)Cc1cccc(OC)c1. The monoisotopic (exact) mass is 438 g/mol. The van der Waals surface area contributed by atoms with Gasteiger partial charge in [-0.2, -0.15) is 0 Å². The van der Waals surface area contributed by atoms with Crippen LogP contribution in [0.4, 0.5) is 0 Å². The first-order valence-corrected chi connectivity index (χ1v) is 8.92. The summed E-state index contributed by atoms with van der Waals surface area (Å²) in [6, 6.07) is 14.6. The summed E-state index contributed by atoms with van der Waals surface area (Å²) in [6.07, 6.45) is 0.285. The average Bonchev–Trinajstić information content (AvgIpc) is 2.73. The molecule has 0 saturated heterocycles. The fourth-order valence-corrected chi connectivity index (χ4v) is 2.53. The summed E-state index contributed by atoms with van der Waals surface area (Å²) in [7, 11) is 5.91. The topological polar surface area (TPSA) is 71.1 Å². The number of esters is 2. The molecular formula is C20H23BrO6. The normalized spacial score (nSPS) is 10.7. The Morgan fingerprint density at radius 3 is 2.04 bits per heavy atom. The molecule has 0 fully saturated rings. The minimum absolute atomic E-state index is 0.242. The van der Waals surface area contributed by atoms with E-state index in [1.165, 1.54) is 14.2 Å². The predicted octanol–water partition coefficient (Wildman–Crippen LogP) is 3.71. The smallest absolute Gasteiger partial charge is 0.324 e. The van der Waals surface area contributed by atoms with Gasteiger partial charge in [0.05, 0.1) is 34.9 Å². The lowest BCUT2D eigenvalue weighted by atomic mass is 10.1. The van der Waals surface area contributed by atoms with Crippen LogP contribution in [-0.2, 0) is 25.5 Å². The Balaban J connectivity index is 0.000000271. The van der Waals surface area contributed by atoms with Gasteiger partial charge < -0.3 is 18.9 Å². The zero-order chi connectivity index (χ0) is 20.2. The highest BCUT2D eigenvalue weighted by atomic mass is 79.9. The highest BCUT2D eigenvalue weighted by Gasteiger charge is 2.17. The molecular weight excluding hydrogens is 416 g/mol. The Morgan fingerprint density at radius 1 is 0.889 bits per heavy atom. The predicted molar refractivity (Wildman–Crippen MR) is 105 cm³/mol. The molecule has 0 aliphatic heterocycles. The number of hydrogen-bond acceptors (Lipinski definition) is 6. The van der Waals surface area contributed by atoms with Crippen LogP contribution in [0.1, 0.15) is 16.0 Å². The molecule has 0 aliphatic carbocycles. The number of halogens is 1. The first kappa shape index (κ1) is 22.5. The Hall–Kier alpha value is -2.54. The number of carbonyl (C=O) groups is 2. The lowest BCUT2D eigenvalue weighted by molar-refractivity contribution is -0.140. The Labute approximate surface area is 167 Å². The van der Waals surface area contributed by atoms with Crippen LogP contribution in [0, 0.1) is 0 Å². The molecule has 2 rings (SSSR count). The van der Waals surface area contributed by atoms with E-state index in [1.807, 2.05) is 42.5 Å². The number of rotatable bonds is 6. The van der Waals surface area contributed by atoms with E-state index in [2.05, 4.69) is 25.4 Å². The minimum atomic E-state index is -0.442. The van der Waals surface area contributed by atoms with Gasteiger partial charge in [0.2, 0.25) is 0 Å². The summed E-state index contributed by atoms with van der Waals surface area (Å²) in [5.74, 6) is 0.906. The standard InChI is InChI=1S/C10H11BrO3.C10H12O3/c1-13-8-5-3-4-7(6-8)9(11)10(12)14-2;1-12-9-5-3-4-8(6-9)7-10(11)13-2/h3-6,9H,1-2H3;3-6H,7H2,1-2H3. The van der Waals surface area contributed by atoms with Crippen LogP contribution >= 0.6 is 15.9 Å².